The average Bonchev–Trinajstić information content (AvgIpc) is 2.14. The van der Waals surface area contributed by atoms with E-state index in [-0.39, 0.29) is 12.0 Å². The van der Waals surface area contributed by atoms with Gasteiger partial charge in [-0.05, 0) is 20.8 Å². The summed E-state index contributed by atoms with van der Waals surface area (Å²) in [5.41, 5.74) is 0. The van der Waals surface area contributed by atoms with Gasteiger partial charge in [0.2, 0.25) is 0 Å². The molecule has 0 radical (unpaired) electrons. The van der Waals surface area contributed by atoms with Crippen LogP contribution in [0.25, 0.3) is 0 Å². The fraction of sp³-hybridized carbons (Fsp3) is 1.00. The number of nitrogens with zero attached hydrogens (tertiary/aromatic N) is 1. The van der Waals surface area contributed by atoms with Crippen LogP contribution in [0.5, 0.6) is 0 Å². The molecule has 74 valence electrons. The van der Waals surface area contributed by atoms with Gasteiger partial charge in [-0.2, -0.15) is 0 Å². The molecule has 0 saturated heterocycles. The molecule has 0 aliphatic heterocycles. The van der Waals surface area contributed by atoms with Crippen molar-refractivity contribution >= 4 is 11.6 Å². The van der Waals surface area contributed by atoms with Crippen molar-refractivity contribution < 1.29 is 9.59 Å². The summed E-state index contributed by atoms with van der Waals surface area (Å²) < 4.78 is 1.01. The Labute approximate surface area is 80.7 Å². The minimum absolute atomic E-state index is 0.0849. The summed E-state index contributed by atoms with van der Waals surface area (Å²) in [6.07, 6.45) is 0. The van der Waals surface area contributed by atoms with Gasteiger partial charge in [-0.1, -0.05) is 0 Å². The Kier molecular flexibility index (Phi) is 5.89. The van der Waals surface area contributed by atoms with Gasteiger partial charge < -0.3 is 9.59 Å². The molecule has 0 aromatic heterocycles. The van der Waals surface area contributed by atoms with Crippen LogP contribution >= 0.6 is 11.6 Å². The number of aliphatic hydroxyl groups is 1. The highest BCUT2D eigenvalue weighted by Gasteiger charge is 2.24. The van der Waals surface area contributed by atoms with E-state index in [2.05, 4.69) is 20.8 Å². The first-order valence-electron chi connectivity index (χ1n) is 4.74. The average molecular weight is 195 g/mol. The van der Waals surface area contributed by atoms with Crippen LogP contribution in [-0.2, 0) is 0 Å². The third-order valence-electron chi connectivity index (χ3n) is 2.80. The molecule has 0 spiro atoms. The Bertz CT molecular complexity index is 107. The molecule has 0 aromatic carbocycles. The quantitative estimate of drug-likeness (QED) is 0.502. The van der Waals surface area contributed by atoms with Gasteiger partial charge in [0.1, 0.15) is 5.38 Å². The fourth-order valence-corrected chi connectivity index (χ4v) is 1.83. The second kappa shape index (κ2) is 5.79. The summed E-state index contributed by atoms with van der Waals surface area (Å²) in [5.74, 6) is 0. The maximum Gasteiger partial charge on any atom is 0.106 e. The van der Waals surface area contributed by atoms with E-state index in [9.17, 15) is 0 Å². The van der Waals surface area contributed by atoms with Crippen molar-refractivity contribution in [3.63, 3.8) is 0 Å². The highest BCUT2D eigenvalue weighted by molar-refractivity contribution is 6.20. The summed E-state index contributed by atoms with van der Waals surface area (Å²) in [5, 5.41) is 8.75. The molecule has 2 nitrogen and oxygen atoms in total. The van der Waals surface area contributed by atoms with Crippen molar-refractivity contribution in [3.05, 3.63) is 0 Å². The Morgan fingerprint density at radius 3 is 1.83 bits per heavy atom. The van der Waals surface area contributed by atoms with Crippen LogP contribution in [0.3, 0.4) is 0 Å². The Morgan fingerprint density at radius 2 is 1.58 bits per heavy atom. The van der Waals surface area contributed by atoms with Gasteiger partial charge >= 0.3 is 0 Å². The lowest BCUT2D eigenvalue weighted by atomic mass is 10.3. The number of hydrogen-bond donors (Lipinski definition) is 1. The zero-order chi connectivity index (χ0) is 9.61. The topological polar surface area (TPSA) is 20.2 Å². The van der Waals surface area contributed by atoms with Crippen LogP contribution in [0.2, 0.25) is 0 Å². The zero-order valence-electron chi connectivity index (χ0n) is 8.39. The van der Waals surface area contributed by atoms with Crippen LogP contribution in [0.4, 0.5) is 0 Å². The van der Waals surface area contributed by atoms with Gasteiger partial charge in [0, 0.05) is 0 Å². The SMILES string of the molecule is CC[N+](CC)(CC)CC(Cl)CO. The van der Waals surface area contributed by atoms with E-state index in [1.165, 1.54) is 0 Å². The number of hydrogen-bond acceptors (Lipinski definition) is 1. The molecule has 3 heteroatoms. The highest BCUT2D eigenvalue weighted by atomic mass is 35.5. The standard InChI is InChI=1S/C9H21ClNO/c1-4-11(5-2,6-3)7-9(10)8-12/h9,12H,4-8H2,1-3H3/q+1. The molecule has 1 atom stereocenters. The van der Waals surface area contributed by atoms with E-state index in [0.29, 0.717) is 0 Å². The van der Waals surface area contributed by atoms with E-state index in [1.54, 1.807) is 0 Å². The number of rotatable bonds is 6. The second-order valence-corrected chi connectivity index (χ2v) is 3.87. The van der Waals surface area contributed by atoms with Gasteiger partial charge in [0.15, 0.2) is 0 Å². The number of aliphatic hydroxyl groups excluding tert-OH is 1. The summed E-state index contributed by atoms with van der Waals surface area (Å²) in [7, 11) is 0. The van der Waals surface area contributed by atoms with E-state index >= 15 is 0 Å². The molecule has 0 aliphatic carbocycles. The van der Waals surface area contributed by atoms with Crippen molar-refractivity contribution in [1.82, 2.24) is 0 Å². The summed E-state index contributed by atoms with van der Waals surface area (Å²) in [4.78, 5) is 0. The lowest BCUT2D eigenvalue weighted by Crippen LogP contribution is -2.51. The van der Waals surface area contributed by atoms with Crippen LogP contribution in [0.1, 0.15) is 20.8 Å². The maximum atomic E-state index is 8.84. The molecular weight excluding hydrogens is 174 g/mol. The Morgan fingerprint density at radius 1 is 1.17 bits per heavy atom. The Hall–Kier alpha value is 0.210. The highest BCUT2D eigenvalue weighted by Crippen LogP contribution is 2.10. The van der Waals surface area contributed by atoms with Crippen LogP contribution in [0.15, 0.2) is 0 Å². The van der Waals surface area contributed by atoms with Crippen molar-refractivity contribution in [1.29, 1.82) is 0 Å². The van der Waals surface area contributed by atoms with Gasteiger partial charge in [-0.15, -0.1) is 11.6 Å². The molecular formula is C9H21ClNO+. The fourth-order valence-electron chi connectivity index (χ4n) is 1.54. The maximum absolute atomic E-state index is 8.84. The Balaban J connectivity index is 4.09. The molecule has 0 aromatic rings. The first-order chi connectivity index (χ1) is 5.64. The van der Waals surface area contributed by atoms with Crippen molar-refractivity contribution in [2.75, 3.05) is 32.8 Å². The summed E-state index contributed by atoms with van der Waals surface area (Å²) in [6.45, 7) is 10.8. The van der Waals surface area contributed by atoms with E-state index < -0.39 is 0 Å². The van der Waals surface area contributed by atoms with E-state index in [0.717, 1.165) is 30.7 Å². The normalized spacial score (nSPS) is 14.8. The molecule has 12 heavy (non-hydrogen) atoms. The first kappa shape index (κ1) is 12.2. The van der Waals surface area contributed by atoms with Crippen LogP contribution in [-0.4, -0.2) is 47.8 Å². The predicted molar refractivity (Wildman–Crippen MR) is 53.5 cm³/mol. The molecule has 0 fully saturated rings. The molecule has 0 saturated carbocycles. The predicted octanol–water partition coefficient (Wildman–Crippen LogP) is 1.46. The van der Waals surface area contributed by atoms with E-state index in [4.69, 9.17) is 16.7 Å². The van der Waals surface area contributed by atoms with Crippen molar-refractivity contribution in [3.8, 4) is 0 Å². The molecule has 1 N–H and O–H groups in total. The minimum Gasteiger partial charge on any atom is -0.395 e. The largest absolute Gasteiger partial charge is 0.395 e. The number of quaternary nitrogens is 1. The van der Waals surface area contributed by atoms with Gasteiger partial charge in [-0.25, -0.2) is 0 Å². The lowest BCUT2D eigenvalue weighted by Gasteiger charge is -2.36. The second-order valence-electron chi connectivity index (χ2n) is 3.25. The minimum atomic E-state index is -0.0927. The summed E-state index contributed by atoms with van der Waals surface area (Å²) >= 11 is 5.92. The molecule has 0 heterocycles. The van der Waals surface area contributed by atoms with Gasteiger partial charge in [0.05, 0.1) is 32.8 Å². The van der Waals surface area contributed by atoms with Gasteiger partial charge in [0.25, 0.3) is 0 Å². The molecule has 0 amide bonds. The third-order valence-corrected chi connectivity index (χ3v) is 3.07. The monoisotopic (exact) mass is 194 g/mol. The molecule has 0 rings (SSSR count). The number of halogens is 1. The van der Waals surface area contributed by atoms with Crippen LogP contribution in [0, 0.1) is 0 Å². The first-order valence-corrected chi connectivity index (χ1v) is 5.17. The zero-order valence-corrected chi connectivity index (χ0v) is 9.14. The third kappa shape index (κ3) is 3.30. The molecule has 0 aliphatic rings. The summed E-state index contributed by atoms with van der Waals surface area (Å²) in [6, 6.07) is 0. The number of alkyl halides is 1. The van der Waals surface area contributed by atoms with Gasteiger partial charge in [-0.3, -0.25) is 0 Å². The molecule has 1 unspecified atom stereocenters. The van der Waals surface area contributed by atoms with Crippen LogP contribution < -0.4 is 0 Å². The van der Waals surface area contributed by atoms with Crippen molar-refractivity contribution in [2.24, 2.45) is 0 Å². The molecule has 0 bridgehead atoms. The lowest BCUT2D eigenvalue weighted by molar-refractivity contribution is -0.923. The van der Waals surface area contributed by atoms with E-state index in [1.807, 2.05) is 0 Å². The van der Waals surface area contributed by atoms with Crippen molar-refractivity contribution in [2.45, 2.75) is 26.1 Å². The smallest absolute Gasteiger partial charge is 0.106 e.